The SMILES string of the molecule is O=C(O)c1[c]c(Br)cc(Br)c1. The molecule has 1 N–H and O–H groups in total. The monoisotopic (exact) mass is 277 g/mol. The Bertz CT molecular complexity index is 276. The van der Waals surface area contributed by atoms with Crippen molar-refractivity contribution < 1.29 is 9.90 Å². The molecule has 0 aromatic heterocycles. The van der Waals surface area contributed by atoms with Crippen LogP contribution < -0.4 is 0 Å². The highest BCUT2D eigenvalue weighted by molar-refractivity contribution is 9.11. The average Bonchev–Trinajstić information content (AvgIpc) is 1.85. The molecule has 0 fully saturated rings. The van der Waals surface area contributed by atoms with Crippen LogP contribution in [-0.2, 0) is 0 Å². The van der Waals surface area contributed by atoms with Gasteiger partial charge in [-0.05, 0) is 12.1 Å². The lowest BCUT2D eigenvalue weighted by molar-refractivity contribution is 0.0696. The summed E-state index contributed by atoms with van der Waals surface area (Å²) in [4.78, 5) is 10.4. The maximum absolute atomic E-state index is 10.4. The van der Waals surface area contributed by atoms with Gasteiger partial charge in [0.25, 0.3) is 0 Å². The number of carboxylic acids is 1. The minimum atomic E-state index is -0.980. The largest absolute Gasteiger partial charge is 0.478 e. The molecule has 0 atom stereocenters. The Morgan fingerprint density at radius 1 is 1.45 bits per heavy atom. The third kappa shape index (κ3) is 2.31. The second-order valence-electron chi connectivity index (χ2n) is 1.87. The zero-order chi connectivity index (χ0) is 8.43. The zero-order valence-electron chi connectivity index (χ0n) is 5.27. The van der Waals surface area contributed by atoms with Gasteiger partial charge in [0.1, 0.15) is 0 Å². The highest BCUT2D eigenvalue weighted by atomic mass is 79.9. The maximum atomic E-state index is 10.4. The van der Waals surface area contributed by atoms with Gasteiger partial charge in [-0.1, -0.05) is 31.9 Å². The maximum Gasteiger partial charge on any atom is 0.336 e. The fourth-order valence-electron chi connectivity index (χ4n) is 0.617. The van der Waals surface area contributed by atoms with E-state index < -0.39 is 5.97 Å². The molecule has 0 amide bonds. The van der Waals surface area contributed by atoms with Crippen molar-refractivity contribution in [3.8, 4) is 0 Å². The minimum Gasteiger partial charge on any atom is -0.478 e. The summed E-state index contributed by atoms with van der Waals surface area (Å²) in [6.07, 6.45) is 0. The number of rotatable bonds is 1. The zero-order valence-corrected chi connectivity index (χ0v) is 8.44. The van der Waals surface area contributed by atoms with E-state index in [2.05, 4.69) is 37.9 Å². The van der Waals surface area contributed by atoms with Crippen molar-refractivity contribution in [2.75, 3.05) is 0 Å². The number of hydrogen-bond acceptors (Lipinski definition) is 1. The quantitative estimate of drug-likeness (QED) is 0.858. The molecule has 4 heteroatoms. The molecule has 1 aromatic carbocycles. The number of carboxylic acid groups (broad SMARTS) is 1. The van der Waals surface area contributed by atoms with Crippen molar-refractivity contribution >= 4 is 37.8 Å². The standard InChI is InChI=1S/C7H3Br2O2/c8-5-1-4(7(10)11)2-6(9)3-5/h1,3H,(H,10,11). The Hall–Kier alpha value is -0.350. The second-order valence-corrected chi connectivity index (χ2v) is 3.64. The summed E-state index contributed by atoms with van der Waals surface area (Å²) in [7, 11) is 0. The third-order valence-corrected chi connectivity index (χ3v) is 1.92. The normalized spacial score (nSPS) is 9.64. The first kappa shape index (κ1) is 8.74. The molecule has 1 aromatic rings. The lowest BCUT2D eigenvalue weighted by Crippen LogP contribution is -1.95. The van der Waals surface area contributed by atoms with Gasteiger partial charge in [-0.15, -0.1) is 0 Å². The highest BCUT2D eigenvalue weighted by Crippen LogP contribution is 2.19. The summed E-state index contributed by atoms with van der Waals surface area (Å²) in [5.74, 6) is -0.980. The van der Waals surface area contributed by atoms with Crippen molar-refractivity contribution in [1.29, 1.82) is 0 Å². The molecule has 0 aliphatic rings. The summed E-state index contributed by atoms with van der Waals surface area (Å²) in [5.41, 5.74) is 0.145. The predicted molar refractivity (Wildman–Crippen MR) is 47.6 cm³/mol. The van der Waals surface area contributed by atoms with Crippen LogP contribution in [0.5, 0.6) is 0 Å². The van der Waals surface area contributed by atoms with Crippen molar-refractivity contribution in [2.24, 2.45) is 0 Å². The summed E-state index contributed by atoms with van der Waals surface area (Å²) in [5, 5.41) is 8.56. The van der Waals surface area contributed by atoms with Gasteiger partial charge in [0.05, 0.1) is 5.56 Å². The molecule has 1 rings (SSSR count). The number of hydrogen-bond donors (Lipinski definition) is 1. The molecule has 2 nitrogen and oxygen atoms in total. The molecular weight excluding hydrogens is 276 g/mol. The lowest BCUT2D eigenvalue weighted by Gasteiger charge is -1.95. The Kier molecular flexibility index (Phi) is 2.67. The molecule has 11 heavy (non-hydrogen) atoms. The second kappa shape index (κ2) is 3.36. The van der Waals surface area contributed by atoms with Gasteiger partial charge in [0, 0.05) is 15.0 Å². The molecule has 0 saturated heterocycles. The Morgan fingerprint density at radius 2 is 2.09 bits per heavy atom. The topological polar surface area (TPSA) is 37.3 Å². The molecule has 0 unspecified atom stereocenters. The van der Waals surface area contributed by atoms with Gasteiger partial charge in [0.2, 0.25) is 0 Å². The first-order valence-electron chi connectivity index (χ1n) is 2.71. The number of carbonyl (C=O) groups is 1. The van der Waals surface area contributed by atoms with Crippen LogP contribution in [-0.4, -0.2) is 11.1 Å². The van der Waals surface area contributed by atoms with E-state index in [4.69, 9.17) is 5.11 Å². The van der Waals surface area contributed by atoms with E-state index in [1.807, 2.05) is 0 Å². The number of benzene rings is 1. The minimum absolute atomic E-state index is 0.145. The molecular formula is C7H3Br2O2. The average molecular weight is 279 g/mol. The Morgan fingerprint density at radius 3 is 2.55 bits per heavy atom. The van der Waals surface area contributed by atoms with Gasteiger partial charge >= 0.3 is 5.97 Å². The van der Waals surface area contributed by atoms with E-state index in [1.165, 1.54) is 6.07 Å². The summed E-state index contributed by atoms with van der Waals surface area (Å²) >= 11 is 6.30. The third-order valence-electron chi connectivity index (χ3n) is 1.03. The molecule has 0 bridgehead atoms. The van der Waals surface area contributed by atoms with Crippen LogP contribution >= 0.6 is 31.9 Å². The van der Waals surface area contributed by atoms with Crippen molar-refractivity contribution in [1.82, 2.24) is 0 Å². The molecule has 0 aliphatic heterocycles. The highest BCUT2D eigenvalue weighted by Gasteiger charge is 2.04. The Labute approximate surface area is 80.5 Å². The van der Waals surface area contributed by atoms with Crippen LogP contribution in [0, 0.1) is 6.07 Å². The van der Waals surface area contributed by atoms with E-state index in [0.717, 1.165) is 4.47 Å². The van der Waals surface area contributed by atoms with Crippen molar-refractivity contribution in [3.05, 3.63) is 32.7 Å². The predicted octanol–water partition coefficient (Wildman–Crippen LogP) is 2.71. The van der Waals surface area contributed by atoms with E-state index in [-0.39, 0.29) is 5.56 Å². The van der Waals surface area contributed by atoms with Crippen LogP contribution in [0.4, 0.5) is 0 Å². The van der Waals surface area contributed by atoms with E-state index in [0.29, 0.717) is 4.47 Å². The van der Waals surface area contributed by atoms with Gasteiger partial charge in [-0.3, -0.25) is 0 Å². The molecule has 0 spiro atoms. The number of aromatic carboxylic acids is 1. The molecule has 0 saturated carbocycles. The van der Waals surface area contributed by atoms with Crippen molar-refractivity contribution in [3.63, 3.8) is 0 Å². The summed E-state index contributed by atoms with van der Waals surface area (Å²) < 4.78 is 1.35. The fourth-order valence-corrected chi connectivity index (χ4v) is 1.84. The van der Waals surface area contributed by atoms with Crippen LogP contribution in [0.25, 0.3) is 0 Å². The van der Waals surface area contributed by atoms with Gasteiger partial charge < -0.3 is 5.11 Å². The molecule has 0 aliphatic carbocycles. The number of halogens is 2. The fraction of sp³-hybridized carbons (Fsp3) is 0. The lowest BCUT2D eigenvalue weighted by atomic mass is 10.2. The van der Waals surface area contributed by atoms with E-state index in [1.54, 1.807) is 6.07 Å². The van der Waals surface area contributed by atoms with Crippen LogP contribution in [0.15, 0.2) is 21.1 Å². The van der Waals surface area contributed by atoms with Crippen LogP contribution in [0.2, 0.25) is 0 Å². The first-order valence-corrected chi connectivity index (χ1v) is 4.30. The summed E-state index contributed by atoms with van der Waals surface area (Å²) in [6, 6.07) is 5.86. The van der Waals surface area contributed by atoms with Crippen molar-refractivity contribution in [2.45, 2.75) is 0 Å². The van der Waals surface area contributed by atoms with Gasteiger partial charge in [-0.2, -0.15) is 0 Å². The smallest absolute Gasteiger partial charge is 0.336 e. The van der Waals surface area contributed by atoms with Crippen LogP contribution in [0.3, 0.4) is 0 Å². The van der Waals surface area contributed by atoms with Gasteiger partial charge in [0.15, 0.2) is 0 Å². The molecule has 0 heterocycles. The molecule has 1 radical (unpaired) electrons. The van der Waals surface area contributed by atoms with E-state index in [9.17, 15) is 4.79 Å². The Balaban J connectivity index is 3.19. The van der Waals surface area contributed by atoms with E-state index >= 15 is 0 Å². The molecule has 57 valence electrons. The van der Waals surface area contributed by atoms with Gasteiger partial charge in [-0.25, -0.2) is 4.79 Å². The first-order chi connectivity index (χ1) is 5.09. The van der Waals surface area contributed by atoms with Crippen LogP contribution in [0.1, 0.15) is 10.4 Å². The summed E-state index contributed by atoms with van der Waals surface area (Å²) in [6.45, 7) is 0.